The van der Waals surface area contributed by atoms with Crippen LogP contribution in [0.5, 0.6) is 5.75 Å². The molecule has 2 aromatic rings. The Kier molecular flexibility index (Phi) is 5.22. The minimum atomic E-state index is -0.178. The summed E-state index contributed by atoms with van der Waals surface area (Å²) in [5.41, 5.74) is 7.56. The molecular formula is C16H17BrN2O2. The van der Waals surface area contributed by atoms with Crippen LogP contribution < -0.4 is 15.8 Å². The van der Waals surface area contributed by atoms with E-state index in [1.807, 2.05) is 6.92 Å². The average Bonchev–Trinajstić information content (AvgIpc) is 2.48. The van der Waals surface area contributed by atoms with Crippen LogP contribution in [0.25, 0.3) is 0 Å². The molecule has 3 N–H and O–H groups in total. The molecule has 0 aliphatic rings. The predicted octanol–water partition coefficient (Wildman–Crippen LogP) is 4.07. The van der Waals surface area contributed by atoms with Gasteiger partial charge in [-0.1, -0.05) is 6.92 Å². The summed E-state index contributed by atoms with van der Waals surface area (Å²) in [7, 11) is 0. The summed E-state index contributed by atoms with van der Waals surface area (Å²) < 4.78 is 6.24. The molecule has 110 valence electrons. The van der Waals surface area contributed by atoms with Gasteiger partial charge in [0.25, 0.3) is 5.91 Å². The summed E-state index contributed by atoms with van der Waals surface area (Å²) in [5.74, 6) is 0.588. The fourth-order valence-corrected chi connectivity index (χ4v) is 2.25. The molecule has 21 heavy (non-hydrogen) atoms. The lowest BCUT2D eigenvalue weighted by atomic mass is 10.2. The van der Waals surface area contributed by atoms with Crippen molar-refractivity contribution in [3.8, 4) is 5.75 Å². The van der Waals surface area contributed by atoms with Crippen LogP contribution in [-0.4, -0.2) is 12.5 Å². The largest absolute Gasteiger partial charge is 0.494 e. The van der Waals surface area contributed by atoms with Crippen LogP contribution in [0.4, 0.5) is 11.4 Å². The van der Waals surface area contributed by atoms with Crippen LogP contribution in [0.1, 0.15) is 23.7 Å². The van der Waals surface area contributed by atoms with Crippen molar-refractivity contribution in [1.82, 2.24) is 0 Å². The van der Waals surface area contributed by atoms with E-state index in [9.17, 15) is 4.79 Å². The SMILES string of the molecule is CCCOc1ccc(C(=O)Nc2ccc(N)cc2Br)cc1. The number of benzene rings is 2. The van der Waals surface area contributed by atoms with Gasteiger partial charge in [0.1, 0.15) is 5.75 Å². The molecule has 0 aromatic heterocycles. The van der Waals surface area contributed by atoms with Gasteiger partial charge >= 0.3 is 0 Å². The second-order valence-corrected chi connectivity index (χ2v) is 5.42. The first-order chi connectivity index (χ1) is 10.1. The van der Waals surface area contributed by atoms with E-state index in [2.05, 4.69) is 21.2 Å². The number of carbonyl (C=O) groups excluding carboxylic acids is 1. The molecular weight excluding hydrogens is 332 g/mol. The highest BCUT2D eigenvalue weighted by Crippen LogP contribution is 2.25. The van der Waals surface area contributed by atoms with Crippen LogP contribution >= 0.6 is 15.9 Å². The van der Waals surface area contributed by atoms with Crippen molar-refractivity contribution in [3.05, 3.63) is 52.5 Å². The first-order valence-corrected chi connectivity index (χ1v) is 7.48. The van der Waals surface area contributed by atoms with Crippen LogP contribution in [-0.2, 0) is 0 Å². The number of carbonyl (C=O) groups is 1. The van der Waals surface area contributed by atoms with E-state index in [1.165, 1.54) is 0 Å². The van der Waals surface area contributed by atoms with Gasteiger partial charge in [0.05, 0.1) is 12.3 Å². The fourth-order valence-electron chi connectivity index (χ4n) is 1.75. The van der Waals surface area contributed by atoms with Gasteiger partial charge in [-0.3, -0.25) is 4.79 Å². The lowest BCUT2D eigenvalue weighted by Crippen LogP contribution is -2.12. The third-order valence-electron chi connectivity index (χ3n) is 2.83. The second-order valence-electron chi connectivity index (χ2n) is 4.57. The number of nitrogen functional groups attached to an aromatic ring is 1. The third-order valence-corrected chi connectivity index (χ3v) is 3.49. The molecule has 0 atom stereocenters. The highest BCUT2D eigenvalue weighted by Gasteiger charge is 2.08. The van der Waals surface area contributed by atoms with E-state index < -0.39 is 0 Å². The topological polar surface area (TPSA) is 64.3 Å². The maximum atomic E-state index is 12.2. The lowest BCUT2D eigenvalue weighted by Gasteiger charge is -2.09. The van der Waals surface area contributed by atoms with Gasteiger partial charge in [-0.2, -0.15) is 0 Å². The zero-order chi connectivity index (χ0) is 15.2. The zero-order valence-electron chi connectivity index (χ0n) is 11.7. The molecule has 4 nitrogen and oxygen atoms in total. The monoisotopic (exact) mass is 348 g/mol. The molecule has 0 radical (unpaired) electrons. The number of halogens is 1. The molecule has 0 saturated carbocycles. The number of amides is 1. The van der Waals surface area contributed by atoms with Gasteiger partial charge in [0.15, 0.2) is 0 Å². The Balaban J connectivity index is 2.06. The Morgan fingerprint density at radius 1 is 1.24 bits per heavy atom. The van der Waals surface area contributed by atoms with Crippen molar-refractivity contribution in [1.29, 1.82) is 0 Å². The van der Waals surface area contributed by atoms with Crippen molar-refractivity contribution in [2.45, 2.75) is 13.3 Å². The maximum Gasteiger partial charge on any atom is 0.255 e. The Hall–Kier alpha value is -2.01. The fraction of sp³-hybridized carbons (Fsp3) is 0.188. The van der Waals surface area contributed by atoms with Gasteiger partial charge < -0.3 is 15.8 Å². The van der Waals surface area contributed by atoms with E-state index in [0.29, 0.717) is 23.5 Å². The zero-order valence-corrected chi connectivity index (χ0v) is 13.3. The van der Waals surface area contributed by atoms with Crippen LogP contribution in [0, 0.1) is 0 Å². The van der Waals surface area contributed by atoms with E-state index in [0.717, 1.165) is 16.6 Å². The molecule has 0 aliphatic heterocycles. The highest BCUT2D eigenvalue weighted by atomic mass is 79.9. The lowest BCUT2D eigenvalue weighted by molar-refractivity contribution is 0.102. The molecule has 0 fully saturated rings. The Bertz CT molecular complexity index is 627. The second kappa shape index (κ2) is 7.13. The van der Waals surface area contributed by atoms with Gasteiger partial charge in [-0.05, 0) is 64.8 Å². The first-order valence-electron chi connectivity index (χ1n) is 6.69. The van der Waals surface area contributed by atoms with E-state index in [4.69, 9.17) is 10.5 Å². The maximum absolute atomic E-state index is 12.2. The number of nitrogens with two attached hydrogens (primary N) is 1. The Labute approximate surface area is 132 Å². The number of ether oxygens (including phenoxy) is 1. The highest BCUT2D eigenvalue weighted by molar-refractivity contribution is 9.10. The summed E-state index contributed by atoms with van der Waals surface area (Å²) in [6.07, 6.45) is 0.952. The molecule has 0 heterocycles. The number of rotatable bonds is 5. The smallest absolute Gasteiger partial charge is 0.255 e. The molecule has 0 unspecified atom stereocenters. The quantitative estimate of drug-likeness (QED) is 0.800. The third kappa shape index (κ3) is 4.23. The van der Waals surface area contributed by atoms with Gasteiger partial charge in [-0.15, -0.1) is 0 Å². The van der Waals surface area contributed by atoms with E-state index in [1.54, 1.807) is 42.5 Å². The van der Waals surface area contributed by atoms with Crippen molar-refractivity contribution < 1.29 is 9.53 Å². The molecule has 5 heteroatoms. The number of nitrogens with one attached hydrogen (secondary N) is 1. The molecule has 0 bridgehead atoms. The number of hydrogen-bond donors (Lipinski definition) is 2. The van der Waals surface area contributed by atoms with Crippen LogP contribution in [0.2, 0.25) is 0 Å². The summed E-state index contributed by atoms with van der Waals surface area (Å²) in [4.78, 5) is 12.2. The van der Waals surface area contributed by atoms with Crippen LogP contribution in [0.15, 0.2) is 46.9 Å². The summed E-state index contributed by atoms with van der Waals surface area (Å²) in [6, 6.07) is 12.3. The van der Waals surface area contributed by atoms with Crippen molar-refractivity contribution in [2.24, 2.45) is 0 Å². The number of anilines is 2. The summed E-state index contributed by atoms with van der Waals surface area (Å²) >= 11 is 3.37. The predicted molar refractivity (Wildman–Crippen MR) is 88.7 cm³/mol. The average molecular weight is 349 g/mol. The van der Waals surface area contributed by atoms with Crippen molar-refractivity contribution in [2.75, 3.05) is 17.7 Å². The van der Waals surface area contributed by atoms with Crippen molar-refractivity contribution >= 4 is 33.2 Å². The molecule has 0 saturated heterocycles. The summed E-state index contributed by atoms with van der Waals surface area (Å²) in [5, 5.41) is 2.83. The van der Waals surface area contributed by atoms with Crippen LogP contribution in [0.3, 0.4) is 0 Å². The standard InChI is InChI=1S/C16H17BrN2O2/c1-2-9-21-13-6-3-11(4-7-13)16(20)19-15-8-5-12(18)10-14(15)17/h3-8,10H,2,9,18H2,1H3,(H,19,20). The van der Waals surface area contributed by atoms with Gasteiger partial charge in [-0.25, -0.2) is 0 Å². The summed E-state index contributed by atoms with van der Waals surface area (Å²) in [6.45, 7) is 2.72. The first kappa shape index (κ1) is 15.4. The van der Waals surface area contributed by atoms with Crippen molar-refractivity contribution in [3.63, 3.8) is 0 Å². The molecule has 0 spiro atoms. The molecule has 1 amide bonds. The molecule has 0 aliphatic carbocycles. The molecule has 2 aromatic carbocycles. The normalized spacial score (nSPS) is 10.2. The number of hydrogen-bond acceptors (Lipinski definition) is 3. The van der Waals surface area contributed by atoms with Gasteiger partial charge in [0, 0.05) is 15.7 Å². The Morgan fingerprint density at radius 3 is 2.57 bits per heavy atom. The van der Waals surface area contributed by atoms with E-state index >= 15 is 0 Å². The van der Waals surface area contributed by atoms with Gasteiger partial charge in [0.2, 0.25) is 0 Å². The minimum absolute atomic E-state index is 0.178. The van der Waals surface area contributed by atoms with E-state index in [-0.39, 0.29) is 5.91 Å². The molecule has 2 rings (SSSR count). The Morgan fingerprint density at radius 2 is 1.95 bits per heavy atom. The minimum Gasteiger partial charge on any atom is -0.494 e.